The molecule has 0 radical (unpaired) electrons. The molecule has 0 N–H and O–H groups in total. The summed E-state index contributed by atoms with van der Waals surface area (Å²) in [5, 5.41) is 0. The van der Waals surface area contributed by atoms with Crippen molar-refractivity contribution in [2.75, 3.05) is 5.75 Å². The van der Waals surface area contributed by atoms with Gasteiger partial charge >= 0.3 is 0 Å². The highest BCUT2D eigenvalue weighted by molar-refractivity contribution is 7.91. The highest BCUT2D eigenvalue weighted by Gasteiger charge is 2.15. The Morgan fingerprint density at radius 1 is 1.26 bits per heavy atom. The fraction of sp³-hybridized carbons (Fsp3) is 0.500. The average Bonchev–Trinajstić information content (AvgIpc) is 2.40. The second-order valence-corrected chi connectivity index (χ2v) is 6.91. The van der Waals surface area contributed by atoms with E-state index in [-0.39, 0.29) is 5.75 Å². The van der Waals surface area contributed by atoms with Gasteiger partial charge in [0.1, 0.15) is 0 Å². The third-order valence-electron chi connectivity index (χ3n) is 3.31. The van der Waals surface area contributed by atoms with Gasteiger partial charge in [0.2, 0.25) is 0 Å². The summed E-state index contributed by atoms with van der Waals surface area (Å²) in [6.07, 6.45) is 6.82. The van der Waals surface area contributed by atoms with Gasteiger partial charge in [0.25, 0.3) is 0 Å². The van der Waals surface area contributed by atoms with Gasteiger partial charge in [-0.25, -0.2) is 8.42 Å². The van der Waals surface area contributed by atoms with Gasteiger partial charge in [0, 0.05) is 0 Å². The van der Waals surface area contributed by atoms with Gasteiger partial charge in [-0.2, -0.15) is 0 Å². The van der Waals surface area contributed by atoms with E-state index in [4.69, 9.17) is 0 Å². The third-order valence-corrected chi connectivity index (χ3v) is 5.23. The molecule has 1 aromatic rings. The lowest BCUT2D eigenvalue weighted by molar-refractivity contribution is 0.594. The Morgan fingerprint density at radius 2 is 2.00 bits per heavy atom. The standard InChI is InChI=1S/C16H24O2S/c1-4-7-9-14(6-3)15-10-8-11-16(13-15)19(17,18)12-5-2/h4,7-8,10-11,13-14H,5-6,9,12H2,1-3H3/b7-4-. The van der Waals surface area contributed by atoms with Crippen molar-refractivity contribution in [2.45, 2.75) is 50.8 Å². The summed E-state index contributed by atoms with van der Waals surface area (Å²) in [7, 11) is -3.11. The minimum Gasteiger partial charge on any atom is -0.224 e. The van der Waals surface area contributed by atoms with Crippen LogP contribution in [0.1, 0.15) is 51.5 Å². The number of sulfone groups is 1. The first-order valence-electron chi connectivity index (χ1n) is 6.99. The fourth-order valence-electron chi connectivity index (χ4n) is 2.19. The molecule has 1 aromatic carbocycles. The van der Waals surface area contributed by atoms with Crippen LogP contribution in [0.5, 0.6) is 0 Å². The zero-order valence-corrected chi connectivity index (χ0v) is 12.9. The van der Waals surface area contributed by atoms with E-state index >= 15 is 0 Å². The summed E-state index contributed by atoms with van der Waals surface area (Å²) in [4.78, 5) is 0.464. The second kappa shape index (κ2) is 7.49. The maximum atomic E-state index is 12.1. The van der Waals surface area contributed by atoms with Crippen LogP contribution in [0.15, 0.2) is 41.3 Å². The zero-order chi connectivity index (χ0) is 14.3. The van der Waals surface area contributed by atoms with Crippen molar-refractivity contribution in [3.8, 4) is 0 Å². The molecule has 0 saturated heterocycles. The molecule has 1 unspecified atom stereocenters. The van der Waals surface area contributed by atoms with Crippen molar-refractivity contribution < 1.29 is 8.42 Å². The quantitative estimate of drug-likeness (QED) is 0.697. The van der Waals surface area contributed by atoms with E-state index in [1.165, 1.54) is 0 Å². The van der Waals surface area contributed by atoms with Crippen LogP contribution in [0, 0.1) is 0 Å². The molecule has 106 valence electrons. The molecule has 0 spiro atoms. The minimum atomic E-state index is -3.11. The van der Waals surface area contributed by atoms with Crippen LogP contribution in [0.25, 0.3) is 0 Å². The van der Waals surface area contributed by atoms with Crippen molar-refractivity contribution in [2.24, 2.45) is 0 Å². The van der Waals surface area contributed by atoms with Gasteiger partial charge in [0.15, 0.2) is 9.84 Å². The van der Waals surface area contributed by atoms with Crippen LogP contribution >= 0.6 is 0 Å². The number of rotatable bonds is 7. The molecular weight excluding hydrogens is 256 g/mol. The second-order valence-electron chi connectivity index (χ2n) is 4.80. The molecule has 0 aliphatic rings. The predicted molar refractivity (Wildman–Crippen MR) is 81.2 cm³/mol. The van der Waals surface area contributed by atoms with Gasteiger partial charge in [-0.05, 0) is 49.8 Å². The number of hydrogen-bond donors (Lipinski definition) is 0. The van der Waals surface area contributed by atoms with Crippen molar-refractivity contribution in [3.63, 3.8) is 0 Å². The highest BCUT2D eigenvalue weighted by Crippen LogP contribution is 2.26. The molecule has 3 heteroatoms. The summed E-state index contributed by atoms with van der Waals surface area (Å²) in [6, 6.07) is 7.44. The molecule has 0 aliphatic carbocycles. The molecular formula is C16H24O2S. The Morgan fingerprint density at radius 3 is 2.58 bits per heavy atom. The van der Waals surface area contributed by atoms with Gasteiger partial charge < -0.3 is 0 Å². The molecule has 0 amide bonds. The SMILES string of the molecule is C/C=C\CC(CC)c1cccc(S(=O)(=O)CCC)c1. The molecule has 0 bridgehead atoms. The molecule has 1 atom stereocenters. The third kappa shape index (κ3) is 4.50. The normalized spacial score (nSPS) is 13.8. The number of allylic oxidation sites excluding steroid dienone is 2. The summed E-state index contributed by atoms with van der Waals surface area (Å²) in [5.41, 5.74) is 1.12. The van der Waals surface area contributed by atoms with Crippen molar-refractivity contribution in [1.29, 1.82) is 0 Å². The Kier molecular flexibility index (Phi) is 6.29. The topological polar surface area (TPSA) is 34.1 Å². The monoisotopic (exact) mass is 280 g/mol. The Bertz CT molecular complexity index is 515. The largest absolute Gasteiger partial charge is 0.224 e. The van der Waals surface area contributed by atoms with Crippen LogP contribution in [-0.2, 0) is 9.84 Å². The van der Waals surface area contributed by atoms with E-state index in [2.05, 4.69) is 13.0 Å². The fourth-order valence-corrected chi connectivity index (χ4v) is 3.56. The van der Waals surface area contributed by atoms with Gasteiger partial charge in [-0.3, -0.25) is 0 Å². The molecule has 0 heterocycles. The first-order valence-corrected chi connectivity index (χ1v) is 8.64. The van der Waals surface area contributed by atoms with E-state index in [0.717, 1.165) is 18.4 Å². The molecule has 0 saturated carbocycles. The van der Waals surface area contributed by atoms with Crippen molar-refractivity contribution >= 4 is 9.84 Å². The van der Waals surface area contributed by atoms with E-state index in [0.29, 0.717) is 17.2 Å². The average molecular weight is 280 g/mol. The van der Waals surface area contributed by atoms with E-state index in [1.54, 1.807) is 6.07 Å². The Labute approximate surface area is 117 Å². The summed E-state index contributed by atoms with van der Waals surface area (Å²) in [5.74, 6) is 0.621. The molecule has 2 nitrogen and oxygen atoms in total. The zero-order valence-electron chi connectivity index (χ0n) is 12.1. The summed E-state index contributed by atoms with van der Waals surface area (Å²) in [6.45, 7) is 6.04. The minimum absolute atomic E-state index is 0.224. The van der Waals surface area contributed by atoms with Gasteiger partial charge in [0.05, 0.1) is 10.6 Å². The molecule has 19 heavy (non-hydrogen) atoms. The number of hydrogen-bond acceptors (Lipinski definition) is 2. The maximum absolute atomic E-state index is 12.1. The van der Waals surface area contributed by atoms with E-state index in [1.807, 2.05) is 38.1 Å². The smallest absolute Gasteiger partial charge is 0.178 e. The Hall–Kier alpha value is -1.09. The molecule has 0 aromatic heterocycles. The van der Waals surface area contributed by atoms with Crippen LogP contribution in [0.2, 0.25) is 0 Å². The lowest BCUT2D eigenvalue weighted by Crippen LogP contribution is -2.07. The van der Waals surface area contributed by atoms with E-state index < -0.39 is 9.84 Å². The van der Waals surface area contributed by atoms with Crippen LogP contribution < -0.4 is 0 Å². The van der Waals surface area contributed by atoms with Crippen LogP contribution in [-0.4, -0.2) is 14.2 Å². The van der Waals surface area contributed by atoms with Gasteiger partial charge in [-0.15, -0.1) is 0 Å². The lowest BCUT2D eigenvalue weighted by Gasteiger charge is -2.14. The highest BCUT2D eigenvalue weighted by atomic mass is 32.2. The first-order chi connectivity index (χ1) is 9.05. The van der Waals surface area contributed by atoms with Crippen molar-refractivity contribution in [3.05, 3.63) is 42.0 Å². The Balaban J connectivity index is 3.05. The molecule has 0 fully saturated rings. The van der Waals surface area contributed by atoms with Crippen LogP contribution in [0.3, 0.4) is 0 Å². The predicted octanol–water partition coefficient (Wildman–Crippen LogP) is 4.33. The molecule has 0 aliphatic heterocycles. The van der Waals surface area contributed by atoms with Crippen molar-refractivity contribution in [1.82, 2.24) is 0 Å². The van der Waals surface area contributed by atoms with E-state index in [9.17, 15) is 8.42 Å². The summed E-state index contributed by atoms with van der Waals surface area (Å²) >= 11 is 0. The first kappa shape index (κ1) is 16.0. The summed E-state index contributed by atoms with van der Waals surface area (Å²) < 4.78 is 24.2. The maximum Gasteiger partial charge on any atom is 0.178 e. The van der Waals surface area contributed by atoms with Crippen LogP contribution in [0.4, 0.5) is 0 Å². The molecule has 1 rings (SSSR count). The van der Waals surface area contributed by atoms with Gasteiger partial charge in [-0.1, -0.05) is 38.1 Å². The lowest BCUT2D eigenvalue weighted by atomic mass is 9.93. The number of benzene rings is 1.